The number of hydrogen-bond donors (Lipinski definition) is 2. The van der Waals surface area contributed by atoms with Crippen LogP contribution in [0.5, 0.6) is 5.75 Å². The largest absolute Gasteiger partial charge is 0.489 e. The van der Waals surface area contributed by atoms with Gasteiger partial charge in [0.2, 0.25) is 0 Å². The lowest BCUT2D eigenvalue weighted by atomic mass is 10.2. The summed E-state index contributed by atoms with van der Waals surface area (Å²) in [4.78, 5) is 0. The molecule has 0 saturated heterocycles. The zero-order valence-electron chi connectivity index (χ0n) is 12.2. The van der Waals surface area contributed by atoms with Crippen LogP contribution < -0.4 is 10.1 Å². The molecule has 3 nitrogen and oxygen atoms in total. The third kappa shape index (κ3) is 6.12. The number of ether oxygens (including phenoxy) is 1. The first kappa shape index (κ1) is 18.0. The quantitative estimate of drug-likeness (QED) is 0.680. The summed E-state index contributed by atoms with van der Waals surface area (Å²) in [6.07, 6.45) is 0.257. The van der Waals surface area contributed by atoms with Crippen LogP contribution in [0.2, 0.25) is 0 Å². The van der Waals surface area contributed by atoms with Crippen LogP contribution in [0.4, 0.5) is 0 Å². The minimum atomic E-state index is -0.429. The highest BCUT2D eigenvalue weighted by Gasteiger charge is 2.11. The van der Waals surface area contributed by atoms with E-state index in [9.17, 15) is 5.11 Å². The Labute approximate surface area is 138 Å². The second-order valence-corrected chi connectivity index (χ2v) is 7.00. The van der Waals surface area contributed by atoms with Crippen molar-refractivity contribution in [3.05, 3.63) is 26.6 Å². The van der Waals surface area contributed by atoms with Gasteiger partial charge in [-0.25, -0.2) is 0 Å². The first-order chi connectivity index (χ1) is 9.43. The van der Waals surface area contributed by atoms with Gasteiger partial charge in [-0.05, 0) is 68.4 Å². The van der Waals surface area contributed by atoms with Crippen molar-refractivity contribution in [1.82, 2.24) is 5.32 Å². The fraction of sp³-hybridized carbons (Fsp3) is 0.600. The molecule has 5 heteroatoms. The van der Waals surface area contributed by atoms with Gasteiger partial charge in [-0.1, -0.05) is 20.8 Å². The van der Waals surface area contributed by atoms with Crippen LogP contribution in [-0.4, -0.2) is 24.4 Å². The highest BCUT2D eigenvalue weighted by molar-refractivity contribution is 9.11. The van der Waals surface area contributed by atoms with E-state index in [2.05, 4.69) is 51.0 Å². The van der Waals surface area contributed by atoms with Crippen molar-refractivity contribution in [2.75, 3.05) is 13.2 Å². The van der Waals surface area contributed by atoms with Crippen molar-refractivity contribution < 1.29 is 9.84 Å². The van der Waals surface area contributed by atoms with E-state index in [1.54, 1.807) is 0 Å². The second kappa shape index (κ2) is 9.03. The lowest BCUT2D eigenvalue weighted by Crippen LogP contribution is -2.19. The molecule has 1 aromatic carbocycles. The molecule has 1 aromatic rings. The van der Waals surface area contributed by atoms with Crippen LogP contribution in [0.1, 0.15) is 32.8 Å². The van der Waals surface area contributed by atoms with Gasteiger partial charge in [0.25, 0.3) is 0 Å². The monoisotopic (exact) mass is 407 g/mol. The number of hydrogen-bond acceptors (Lipinski definition) is 3. The maximum absolute atomic E-state index is 9.56. The van der Waals surface area contributed by atoms with Crippen molar-refractivity contribution >= 4 is 31.9 Å². The third-order valence-corrected chi connectivity index (χ3v) is 4.01. The van der Waals surface area contributed by atoms with E-state index in [0.29, 0.717) is 18.9 Å². The molecule has 0 aromatic heterocycles. The first-order valence-corrected chi connectivity index (χ1v) is 8.52. The number of aliphatic hydroxyl groups is 1. The highest BCUT2D eigenvalue weighted by Crippen LogP contribution is 2.35. The van der Waals surface area contributed by atoms with Crippen molar-refractivity contribution in [1.29, 1.82) is 0 Å². The number of nitrogens with one attached hydrogen (secondary N) is 1. The van der Waals surface area contributed by atoms with E-state index in [4.69, 9.17) is 4.74 Å². The normalized spacial score (nSPS) is 12.8. The molecule has 0 heterocycles. The van der Waals surface area contributed by atoms with Gasteiger partial charge in [0.1, 0.15) is 12.4 Å². The van der Waals surface area contributed by atoms with Gasteiger partial charge in [0, 0.05) is 6.54 Å². The summed E-state index contributed by atoms with van der Waals surface area (Å²) < 4.78 is 7.45. The molecule has 20 heavy (non-hydrogen) atoms. The minimum absolute atomic E-state index is 0.304. The molecule has 0 aliphatic rings. The van der Waals surface area contributed by atoms with Gasteiger partial charge in [-0.15, -0.1) is 0 Å². The Hall–Kier alpha value is -0.100. The molecule has 0 bridgehead atoms. The maximum Gasteiger partial charge on any atom is 0.147 e. The minimum Gasteiger partial charge on any atom is -0.489 e. The number of aliphatic hydroxyl groups excluding tert-OH is 1. The van der Waals surface area contributed by atoms with Crippen LogP contribution in [0, 0.1) is 5.92 Å². The van der Waals surface area contributed by atoms with Crippen LogP contribution in [-0.2, 0) is 6.54 Å². The smallest absolute Gasteiger partial charge is 0.147 e. The van der Waals surface area contributed by atoms with Gasteiger partial charge in [-0.3, -0.25) is 0 Å². The SMILES string of the molecule is CCC(O)COc1c(Br)cc(CNCC(C)C)cc1Br. The molecule has 0 radical (unpaired) electrons. The molecule has 0 aliphatic carbocycles. The predicted octanol–water partition coefficient (Wildman–Crippen LogP) is 4.11. The molecule has 1 atom stereocenters. The van der Waals surface area contributed by atoms with Crippen LogP contribution in [0.25, 0.3) is 0 Å². The van der Waals surface area contributed by atoms with Crippen LogP contribution >= 0.6 is 31.9 Å². The van der Waals surface area contributed by atoms with Gasteiger partial charge >= 0.3 is 0 Å². The average Bonchev–Trinajstić information content (AvgIpc) is 2.37. The van der Waals surface area contributed by atoms with E-state index in [0.717, 1.165) is 27.8 Å². The molecule has 2 N–H and O–H groups in total. The third-order valence-electron chi connectivity index (χ3n) is 2.83. The fourth-order valence-electron chi connectivity index (χ4n) is 1.65. The van der Waals surface area contributed by atoms with Crippen LogP contribution in [0.15, 0.2) is 21.1 Å². The van der Waals surface area contributed by atoms with Gasteiger partial charge in [-0.2, -0.15) is 0 Å². The molecule has 114 valence electrons. The lowest BCUT2D eigenvalue weighted by molar-refractivity contribution is 0.103. The Bertz CT molecular complexity index is 401. The van der Waals surface area contributed by atoms with E-state index >= 15 is 0 Å². The highest BCUT2D eigenvalue weighted by atomic mass is 79.9. The zero-order chi connectivity index (χ0) is 15.1. The molecule has 0 aliphatic heterocycles. The van der Waals surface area contributed by atoms with Gasteiger partial charge < -0.3 is 15.2 Å². The lowest BCUT2D eigenvalue weighted by Gasteiger charge is -2.15. The Kier molecular flexibility index (Phi) is 8.10. The van der Waals surface area contributed by atoms with E-state index in [-0.39, 0.29) is 0 Å². The molecule has 0 amide bonds. The van der Waals surface area contributed by atoms with E-state index < -0.39 is 6.10 Å². The Morgan fingerprint density at radius 1 is 1.25 bits per heavy atom. The fourth-order valence-corrected chi connectivity index (χ4v) is 3.17. The topological polar surface area (TPSA) is 41.5 Å². The summed E-state index contributed by atoms with van der Waals surface area (Å²) >= 11 is 7.05. The van der Waals surface area contributed by atoms with Crippen molar-refractivity contribution in [2.24, 2.45) is 5.92 Å². The molecule has 0 fully saturated rings. The summed E-state index contributed by atoms with van der Waals surface area (Å²) in [6.45, 7) is 8.44. The molecular weight excluding hydrogens is 386 g/mol. The first-order valence-electron chi connectivity index (χ1n) is 6.93. The number of rotatable bonds is 8. The van der Waals surface area contributed by atoms with E-state index in [1.807, 2.05) is 19.1 Å². The van der Waals surface area contributed by atoms with Crippen molar-refractivity contribution in [2.45, 2.75) is 39.8 Å². The second-order valence-electron chi connectivity index (χ2n) is 5.29. The summed E-state index contributed by atoms with van der Waals surface area (Å²) in [5, 5.41) is 13.0. The molecule has 1 rings (SSSR count). The summed E-state index contributed by atoms with van der Waals surface area (Å²) in [5.74, 6) is 1.38. The standard InChI is InChI=1S/C15H23Br2NO2/c1-4-12(19)9-20-15-13(16)5-11(6-14(15)17)8-18-7-10(2)3/h5-6,10,12,18-19H,4,7-9H2,1-3H3. The summed E-state index contributed by atoms with van der Waals surface area (Å²) in [6, 6.07) is 4.09. The van der Waals surface area contributed by atoms with Gasteiger partial charge in [0.15, 0.2) is 0 Å². The predicted molar refractivity (Wildman–Crippen MR) is 90.2 cm³/mol. The zero-order valence-corrected chi connectivity index (χ0v) is 15.4. The van der Waals surface area contributed by atoms with Crippen LogP contribution in [0.3, 0.4) is 0 Å². The van der Waals surface area contributed by atoms with Gasteiger partial charge in [0.05, 0.1) is 15.0 Å². The van der Waals surface area contributed by atoms with Crippen molar-refractivity contribution in [3.63, 3.8) is 0 Å². The molecule has 0 spiro atoms. The molecular formula is C15H23Br2NO2. The average molecular weight is 409 g/mol. The Morgan fingerprint density at radius 3 is 2.35 bits per heavy atom. The van der Waals surface area contributed by atoms with E-state index in [1.165, 1.54) is 5.56 Å². The number of halogens is 2. The summed E-state index contributed by atoms with van der Waals surface area (Å²) in [5.41, 5.74) is 1.19. The Morgan fingerprint density at radius 2 is 1.85 bits per heavy atom. The van der Waals surface area contributed by atoms with Crippen molar-refractivity contribution in [3.8, 4) is 5.75 Å². The number of benzene rings is 1. The molecule has 1 unspecified atom stereocenters. The molecule has 0 saturated carbocycles. The summed E-state index contributed by atoms with van der Waals surface area (Å²) in [7, 11) is 0. The maximum atomic E-state index is 9.56. The Balaban J connectivity index is 2.66.